The number of urea groups is 1. The Kier molecular flexibility index (Phi) is 10.3. The van der Waals surface area contributed by atoms with Crippen LogP contribution < -0.4 is 27.5 Å². The average molecular weight is 618 g/mol. The minimum atomic E-state index is -0.779. The van der Waals surface area contributed by atoms with Crippen molar-refractivity contribution in [2.24, 2.45) is 28.4 Å². The summed E-state index contributed by atoms with van der Waals surface area (Å²) in [5.41, 5.74) is 18.5. The maximum Gasteiger partial charge on any atom is 0.410 e. The molecule has 1 heterocycles. The van der Waals surface area contributed by atoms with E-state index >= 15 is 0 Å². The number of nitrogens with zero attached hydrogens (tertiary/aromatic N) is 2. The number of fused-ring (bicyclic) bond motifs is 3. The molecule has 240 valence electrons. The third-order valence-electron chi connectivity index (χ3n) is 9.20. The lowest BCUT2D eigenvalue weighted by Crippen LogP contribution is -2.49. The normalized spacial score (nSPS) is 23.2. The number of carbonyl (C=O) groups is 4. The zero-order valence-electron chi connectivity index (χ0n) is 25.6. The summed E-state index contributed by atoms with van der Waals surface area (Å²) in [7, 11) is 0. The molecule has 3 atom stereocenters. The molecular weight excluding hydrogens is 574 g/mol. The molecule has 7 N–H and O–H groups in total. The van der Waals surface area contributed by atoms with Crippen LogP contribution in [0.1, 0.15) is 62.5 Å². The van der Waals surface area contributed by atoms with Crippen LogP contribution in [-0.2, 0) is 14.3 Å². The number of hydrogen-bond donors (Lipinski definition) is 5. The lowest BCUT2D eigenvalue weighted by molar-refractivity contribution is -0.125. The Hall–Kier alpha value is -4.45. The smallest absolute Gasteiger partial charge is 0.410 e. The molecule has 0 unspecified atom stereocenters. The standard InChI is InChI=1S/C33H43N7O5/c1-2-23(17-37-39-32(43)36-16-20-11-13-21(14-12-20)30(35)41)38-31(42)29-15-22(34)18-40(29)33(44)45-19-28-26-9-5-3-7-24(26)25-8-4-6-10-27(25)28/h3-10,17,20-23,28-29H,2,11-16,18-19,34H2,1H3,(H2,35,41)(H,38,42)(H2,36,39,43)/b37-17+/t20-,21-,22-,23+,29+/m1/s1. The minimum absolute atomic E-state index is 0.0770. The zero-order valence-corrected chi connectivity index (χ0v) is 25.6. The molecule has 2 aromatic carbocycles. The van der Waals surface area contributed by atoms with Gasteiger partial charge >= 0.3 is 12.1 Å². The van der Waals surface area contributed by atoms with E-state index in [1.165, 1.54) is 11.1 Å². The quantitative estimate of drug-likeness (QED) is 0.202. The third kappa shape index (κ3) is 7.62. The number of nitrogens with one attached hydrogen (secondary N) is 3. The first kappa shape index (κ1) is 32.0. The molecule has 1 aliphatic heterocycles. The zero-order chi connectivity index (χ0) is 31.9. The highest BCUT2D eigenvalue weighted by Gasteiger charge is 2.40. The van der Waals surface area contributed by atoms with Crippen LogP contribution in [0.3, 0.4) is 0 Å². The van der Waals surface area contributed by atoms with Gasteiger partial charge in [-0.3, -0.25) is 14.5 Å². The summed E-state index contributed by atoms with van der Waals surface area (Å²) in [6.45, 7) is 2.72. The third-order valence-corrected chi connectivity index (χ3v) is 9.20. The van der Waals surface area contributed by atoms with E-state index in [-0.39, 0.29) is 48.8 Å². The molecule has 2 aromatic rings. The van der Waals surface area contributed by atoms with Gasteiger partial charge in [-0.2, -0.15) is 5.10 Å². The number of amides is 5. The van der Waals surface area contributed by atoms with E-state index in [2.05, 4.69) is 45.4 Å². The van der Waals surface area contributed by atoms with Gasteiger partial charge in [0.15, 0.2) is 0 Å². The lowest BCUT2D eigenvalue weighted by atomic mass is 9.82. The van der Waals surface area contributed by atoms with Crippen LogP contribution in [0, 0.1) is 11.8 Å². The molecule has 3 aliphatic rings. The number of nitrogens with two attached hydrogens (primary N) is 2. The molecule has 5 amide bonds. The molecule has 2 fully saturated rings. The van der Waals surface area contributed by atoms with Crippen molar-refractivity contribution in [1.82, 2.24) is 21.0 Å². The van der Waals surface area contributed by atoms with Gasteiger partial charge in [0.2, 0.25) is 11.8 Å². The van der Waals surface area contributed by atoms with E-state index in [9.17, 15) is 19.2 Å². The van der Waals surface area contributed by atoms with Crippen molar-refractivity contribution in [2.45, 2.75) is 69.5 Å². The molecule has 1 saturated carbocycles. The second kappa shape index (κ2) is 14.6. The first-order valence-corrected chi connectivity index (χ1v) is 15.8. The van der Waals surface area contributed by atoms with Gasteiger partial charge in [-0.15, -0.1) is 0 Å². The van der Waals surface area contributed by atoms with Crippen molar-refractivity contribution in [3.05, 3.63) is 59.7 Å². The second-order valence-electron chi connectivity index (χ2n) is 12.2. The number of hydrazone groups is 1. The number of hydrogen-bond acceptors (Lipinski definition) is 7. The van der Waals surface area contributed by atoms with Crippen molar-refractivity contribution in [3.8, 4) is 11.1 Å². The highest BCUT2D eigenvalue weighted by Crippen LogP contribution is 2.44. The Morgan fingerprint density at radius 2 is 1.67 bits per heavy atom. The number of likely N-dealkylation sites (tertiary alicyclic amines) is 1. The Balaban J connectivity index is 1.10. The summed E-state index contributed by atoms with van der Waals surface area (Å²) in [6, 6.07) is 14.2. The van der Waals surface area contributed by atoms with E-state index in [0.29, 0.717) is 19.4 Å². The van der Waals surface area contributed by atoms with Crippen molar-refractivity contribution in [2.75, 3.05) is 19.7 Å². The van der Waals surface area contributed by atoms with E-state index in [4.69, 9.17) is 16.2 Å². The summed E-state index contributed by atoms with van der Waals surface area (Å²) in [6.07, 6.45) is 4.86. The van der Waals surface area contributed by atoms with Crippen molar-refractivity contribution in [3.63, 3.8) is 0 Å². The molecule has 2 aliphatic carbocycles. The Labute approximate surface area is 263 Å². The minimum Gasteiger partial charge on any atom is -0.448 e. The van der Waals surface area contributed by atoms with Crippen LogP contribution in [-0.4, -0.2) is 72.9 Å². The fourth-order valence-corrected chi connectivity index (χ4v) is 6.63. The summed E-state index contributed by atoms with van der Waals surface area (Å²) in [5.74, 6) is -0.494. The SMILES string of the molecule is CC[C@@H](/C=N/NC(=O)NC[C@H]1CC[C@H](C(N)=O)CC1)NC(=O)[C@@H]1C[C@@H](N)CN1C(=O)OCC1c2ccccc2-c2ccccc21. The molecule has 45 heavy (non-hydrogen) atoms. The monoisotopic (exact) mass is 617 g/mol. The van der Waals surface area contributed by atoms with Crippen LogP contribution in [0.2, 0.25) is 0 Å². The predicted molar refractivity (Wildman–Crippen MR) is 170 cm³/mol. The lowest BCUT2D eigenvalue weighted by Gasteiger charge is -2.26. The van der Waals surface area contributed by atoms with Gasteiger partial charge < -0.3 is 26.8 Å². The first-order valence-electron chi connectivity index (χ1n) is 15.8. The maximum absolute atomic E-state index is 13.3. The molecule has 0 spiro atoms. The summed E-state index contributed by atoms with van der Waals surface area (Å²) in [5, 5.41) is 9.71. The maximum atomic E-state index is 13.3. The van der Waals surface area contributed by atoms with Gasteiger partial charge in [-0.05, 0) is 66.7 Å². The highest BCUT2D eigenvalue weighted by atomic mass is 16.6. The van der Waals surface area contributed by atoms with Gasteiger partial charge in [-0.1, -0.05) is 55.5 Å². The number of benzene rings is 2. The molecule has 12 heteroatoms. The fraction of sp³-hybridized carbons (Fsp3) is 0.485. The van der Waals surface area contributed by atoms with Gasteiger partial charge in [0.05, 0.1) is 6.04 Å². The fourth-order valence-electron chi connectivity index (χ4n) is 6.63. The van der Waals surface area contributed by atoms with E-state index in [1.54, 1.807) is 0 Å². The molecule has 1 saturated heterocycles. The first-order chi connectivity index (χ1) is 21.7. The van der Waals surface area contributed by atoms with E-state index < -0.39 is 24.2 Å². The Bertz CT molecular complexity index is 1380. The van der Waals surface area contributed by atoms with Crippen LogP contribution in [0.25, 0.3) is 11.1 Å². The Morgan fingerprint density at radius 3 is 2.29 bits per heavy atom. The molecule has 0 aromatic heterocycles. The van der Waals surface area contributed by atoms with Crippen LogP contribution in [0.15, 0.2) is 53.6 Å². The number of ether oxygens (including phenoxy) is 1. The van der Waals surface area contributed by atoms with E-state index in [1.807, 2.05) is 31.2 Å². The van der Waals surface area contributed by atoms with Crippen molar-refractivity contribution in [1.29, 1.82) is 0 Å². The molecule has 12 nitrogen and oxygen atoms in total. The van der Waals surface area contributed by atoms with Crippen LogP contribution in [0.4, 0.5) is 9.59 Å². The molecular formula is C33H43N7O5. The number of rotatable bonds is 10. The Morgan fingerprint density at radius 1 is 1.02 bits per heavy atom. The molecule has 5 rings (SSSR count). The summed E-state index contributed by atoms with van der Waals surface area (Å²) >= 11 is 0. The van der Waals surface area contributed by atoms with Crippen molar-refractivity contribution < 1.29 is 23.9 Å². The topological polar surface area (TPSA) is 181 Å². The van der Waals surface area contributed by atoms with Crippen LogP contribution >= 0.6 is 0 Å². The van der Waals surface area contributed by atoms with Crippen molar-refractivity contribution >= 4 is 30.2 Å². The van der Waals surface area contributed by atoms with Gasteiger partial charge in [-0.25, -0.2) is 15.0 Å². The van der Waals surface area contributed by atoms with E-state index in [0.717, 1.165) is 47.9 Å². The number of carbonyl (C=O) groups excluding carboxylic acids is 4. The largest absolute Gasteiger partial charge is 0.448 e. The molecule has 0 radical (unpaired) electrons. The van der Waals surface area contributed by atoms with Gasteiger partial charge in [0, 0.05) is 37.2 Å². The molecule has 0 bridgehead atoms. The second-order valence-corrected chi connectivity index (χ2v) is 12.2. The van der Waals surface area contributed by atoms with Crippen LogP contribution in [0.5, 0.6) is 0 Å². The number of primary amides is 1. The summed E-state index contributed by atoms with van der Waals surface area (Å²) in [4.78, 5) is 51.6. The average Bonchev–Trinajstić information content (AvgIpc) is 3.60. The van der Waals surface area contributed by atoms with Gasteiger partial charge in [0.1, 0.15) is 12.6 Å². The predicted octanol–water partition coefficient (Wildman–Crippen LogP) is 2.81. The summed E-state index contributed by atoms with van der Waals surface area (Å²) < 4.78 is 5.81. The van der Waals surface area contributed by atoms with Gasteiger partial charge in [0.25, 0.3) is 0 Å². The highest BCUT2D eigenvalue weighted by molar-refractivity contribution is 5.89.